The van der Waals surface area contributed by atoms with Crippen molar-refractivity contribution in [1.82, 2.24) is 9.97 Å². The standard InChI is InChI=1S/C12H13BrN4O2/c1-18-9-5-7(8(13)6-10(9)19-2)11-12(17-14)16-4-3-15-11/h3-6H,14H2,1-2H3,(H,16,17). The molecule has 0 fully saturated rings. The molecule has 3 N–H and O–H groups in total. The number of hydrogen-bond donors (Lipinski definition) is 2. The average molecular weight is 325 g/mol. The second-order valence-corrected chi connectivity index (χ2v) is 4.44. The number of halogens is 1. The molecule has 0 atom stereocenters. The van der Waals surface area contributed by atoms with Crippen LogP contribution in [-0.4, -0.2) is 24.2 Å². The number of hydrogen-bond acceptors (Lipinski definition) is 6. The smallest absolute Gasteiger partial charge is 0.166 e. The molecule has 0 saturated heterocycles. The van der Waals surface area contributed by atoms with Crippen LogP contribution in [0.4, 0.5) is 5.82 Å². The van der Waals surface area contributed by atoms with Crippen molar-refractivity contribution in [3.8, 4) is 22.8 Å². The lowest BCUT2D eigenvalue weighted by Gasteiger charge is -2.13. The van der Waals surface area contributed by atoms with Gasteiger partial charge in [0.1, 0.15) is 5.69 Å². The Labute approximate surface area is 119 Å². The van der Waals surface area contributed by atoms with Gasteiger partial charge in [-0.25, -0.2) is 10.8 Å². The number of rotatable bonds is 4. The van der Waals surface area contributed by atoms with Gasteiger partial charge in [-0.2, -0.15) is 0 Å². The number of nitrogens with two attached hydrogens (primary N) is 1. The third-order valence-corrected chi connectivity index (χ3v) is 3.22. The largest absolute Gasteiger partial charge is 0.493 e. The Morgan fingerprint density at radius 3 is 2.37 bits per heavy atom. The molecule has 0 spiro atoms. The zero-order chi connectivity index (χ0) is 13.8. The fraction of sp³-hybridized carbons (Fsp3) is 0.167. The van der Waals surface area contributed by atoms with Gasteiger partial charge in [-0.15, -0.1) is 0 Å². The van der Waals surface area contributed by atoms with E-state index < -0.39 is 0 Å². The molecule has 0 aliphatic carbocycles. The summed E-state index contributed by atoms with van der Waals surface area (Å²) in [4.78, 5) is 8.40. The molecular weight excluding hydrogens is 312 g/mol. The maximum Gasteiger partial charge on any atom is 0.166 e. The van der Waals surface area contributed by atoms with Gasteiger partial charge < -0.3 is 14.9 Å². The molecule has 2 aromatic rings. The maximum absolute atomic E-state index is 5.44. The minimum Gasteiger partial charge on any atom is -0.493 e. The number of nitrogens with one attached hydrogen (secondary N) is 1. The predicted molar refractivity (Wildman–Crippen MR) is 76.1 cm³/mol. The van der Waals surface area contributed by atoms with E-state index in [4.69, 9.17) is 15.3 Å². The number of nitrogens with zero attached hydrogens (tertiary/aromatic N) is 2. The highest BCUT2D eigenvalue weighted by atomic mass is 79.9. The first kappa shape index (κ1) is 13.6. The van der Waals surface area contributed by atoms with Crippen molar-refractivity contribution in [2.75, 3.05) is 19.6 Å². The number of benzene rings is 1. The van der Waals surface area contributed by atoms with E-state index in [1.54, 1.807) is 26.6 Å². The molecule has 19 heavy (non-hydrogen) atoms. The lowest BCUT2D eigenvalue weighted by atomic mass is 10.1. The van der Waals surface area contributed by atoms with Gasteiger partial charge in [0.15, 0.2) is 17.3 Å². The van der Waals surface area contributed by atoms with E-state index >= 15 is 0 Å². The van der Waals surface area contributed by atoms with Crippen molar-refractivity contribution in [2.24, 2.45) is 5.84 Å². The molecule has 2 rings (SSSR count). The van der Waals surface area contributed by atoms with E-state index in [0.717, 1.165) is 10.0 Å². The first-order valence-electron chi connectivity index (χ1n) is 5.40. The third-order valence-electron chi connectivity index (χ3n) is 2.56. The van der Waals surface area contributed by atoms with E-state index in [1.807, 2.05) is 12.1 Å². The van der Waals surface area contributed by atoms with Crippen LogP contribution in [-0.2, 0) is 0 Å². The van der Waals surface area contributed by atoms with Gasteiger partial charge in [0.2, 0.25) is 0 Å². The van der Waals surface area contributed by atoms with E-state index in [9.17, 15) is 0 Å². The molecule has 0 aliphatic rings. The lowest BCUT2D eigenvalue weighted by molar-refractivity contribution is 0.355. The Bertz CT molecular complexity index is 592. The van der Waals surface area contributed by atoms with Crippen molar-refractivity contribution in [1.29, 1.82) is 0 Å². The first-order chi connectivity index (χ1) is 9.21. The number of ether oxygens (including phenoxy) is 2. The fourth-order valence-electron chi connectivity index (χ4n) is 1.68. The summed E-state index contributed by atoms with van der Waals surface area (Å²) in [6, 6.07) is 3.62. The van der Waals surface area contributed by atoms with E-state index in [-0.39, 0.29) is 0 Å². The normalized spacial score (nSPS) is 10.1. The zero-order valence-corrected chi connectivity index (χ0v) is 12.1. The number of anilines is 1. The van der Waals surface area contributed by atoms with Crippen LogP contribution in [0, 0.1) is 0 Å². The van der Waals surface area contributed by atoms with Gasteiger partial charge in [0.25, 0.3) is 0 Å². The van der Waals surface area contributed by atoms with Crippen LogP contribution in [0.15, 0.2) is 29.0 Å². The van der Waals surface area contributed by atoms with Gasteiger partial charge >= 0.3 is 0 Å². The summed E-state index contributed by atoms with van der Waals surface area (Å²) in [5.41, 5.74) is 3.95. The van der Waals surface area contributed by atoms with E-state index in [2.05, 4.69) is 31.3 Å². The quantitative estimate of drug-likeness (QED) is 0.662. The first-order valence-corrected chi connectivity index (χ1v) is 6.20. The molecule has 1 heterocycles. The molecule has 1 aromatic heterocycles. The molecule has 0 unspecified atom stereocenters. The summed E-state index contributed by atoms with van der Waals surface area (Å²) in [5.74, 6) is 7.16. The van der Waals surface area contributed by atoms with Crippen molar-refractivity contribution in [3.05, 3.63) is 29.0 Å². The second kappa shape index (κ2) is 5.85. The zero-order valence-electron chi connectivity index (χ0n) is 10.5. The molecule has 7 heteroatoms. The van der Waals surface area contributed by atoms with Crippen LogP contribution in [0.1, 0.15) is 0 Å². The van der Waals surface area contributed by atoms with Crippen LogP contribution in [0.5, 0.6) is 11.5 Å². The van der Waals surface area contributed by atoms with Gasteiger partial charge in [0, 0.05) is 22.4 Å². The SMILES string of the molecule is COc1cc(Br)c(-c2nccnc2NN)cc1OC. The summed E-state index contributed by atoms with van der Waals surface area (Å²) >= 11 is 3.48. The highest BCUT2D eigenvalue weighted by Gasteiger charge is 2.15. The molecule has 0 bridgehead atoms. The monoisotopic (exact) mass is 324 g/mol. The Balaban J connectivity index is 2.62. The van der Waals surface area contributed by atoms with Gasteiger partial charge in [-0.05, 0) is 28.1 Å². The van der Waals surface area contributed by atoms with Gasteiger partial charge in [-0.1, -0.05) is 0 Å². The van der Waals surface area contributed by atoms with Crippen LogP contribution in [0.3, 0.4) is 0 Å². The van der Waals surface area contributed by atoms with Gasteiger partial charge in [0.05, 0.1) is 14.2 Å². The van der Waals surface area contributed by atoms with E-state index in [0.29, 0.717) is 23.0 Å². The number of hydrazine groups is 1. The summed E-state index contributed by atoms with van der Waals surface area (Å²) in [5, 5.41) is 0. The number of methoxy groups -OCH3 is 2. The molecule has 6 nitrogen and oxygen atoms in total. The van der Waals surface area contributed by atoms with Crippen LogP contribution < -0.4 is 20.7 Å². The molecular formula is C12H13BrN4O2. The highest BCUT2D eigenvalue weighted by molar-refractivity contribution is 9.10. The number of aromatic nitrogens is 2. The Kier molecular flexibility index (Phi) is 4.18. The van der Waals surface area contributed by atoms with Crippen LogP contribution in [0.2, 0.25) is 0 Å². The summed E-state index contributed by atoms with van der Waals surface area (Å²) < 4.78 is 11.3. The van der Waals surface area contributed by atoms with Crippen LogP contribution in [0.25, 0.3) is 11.3 Å². The van der Waals surface area contributed by atoms with E-state index in [1.165, 1.54) is 0 Å². The average Bonchev–Trinajstić information content (AvgIpc) is 2.46. The maximum atomic E-state index is 5.44. The van der Waals surface area contributed by atoms with Crippen molar-refractivity contribution in [2.45, 2.75) is 0 Å². The topological polar surface area (TPSA) is 82.3 Å². The molecule has 1 aromatic carbocycles. The summed E-state index contributed by atoms with van der Waals surface area (Å²) in [7, 11) is 3.16. The van der Waals surface area contributed by atoms with Crippen molar-refractivity contribution in [3.63, 3.8) is 0 Å². The molecule has 0 saturated carbocycles. The van der Waals surface area contributed by atoms with Crippen LogP contribution >= 0.6 is 15.9 Å². The number of nitrogen functional groups attached to an aromatic ring is 1. The van der Waals surface area contributed by atoms with Crippen molar-refractivity contribution >= 4 is 21.7 Å². The predicted octanol–water partition coefficient (Wildman–Crippen LogP) is 2.21. The molecule has 0 radical (unpaired) electrons. The second-order valence-electron chi connectivity index (χ2n) is 3.58. The summed E-state index contributed by atoms with van der Waals surface area (Å²) in [6.07, 6.45) is 3.16. The third kappa shape index (κ3) is 2.61. The fourth-order valence-corrected chi connectivity index (χ4v) is 2.19. The Morgan fingerprint density at radius 1 is 1.11 bits per heavy atom. The highest BCUT2D eigenvalue weighted by Crippen LogP contribution is 2.39. The molecule has 0 aliphatic heterocycles. The van der Waals surface area contributed by atoms with Crippen molar-refractivity contribution < 1.29 is 9.47 Å². The summed E-state index contributed by atoms with van der Waals surface area (Å²) in [6.45, 7) is 0. The minimum absolute atomic E-state index is 0.482. The lowest BCUT2D eigenvalue weighted by Crippen LogP contribution is -2.10. The molecule has 0 amide bonds. The Hall–Kier alpha value is -1.86. The Morgan fingerprint density at radius 2 is 1.74 bits per heavy atom. The minimum atomic E-state index is 0.482. The van der Waals surface area contributed by atoms with Gasteiger partial charge in [-0.3, -0.25) is 4.98 Å². The molecule has 100 valence electrons.